The van der Waals surface area contributed by atoms with Crippen LogP contribution in [-0.4, -0.2) is 36.4 Å². The molecule has 94 valence electrons. The molecule has 6 heteroatoms. The molecule has 0 aliphatic carbocycles. The van der Waals surface area contributed by atoms with E-state index in [0.29, 0.717) is 13.1 Å². The Balaban J connectivity index is 3.16. The molecule has 0 rings (SSSR count). The van der Waals surface area contributed by atoms with E-state index in [9.17, 15) is 9.59 Å². The minimum atomic E-state index is 0.00907. The predicted octanol–water partition coefficient (Wildman–Crippen LogP) is 1.28. The van der Waals surface area contributed by atoms with Crippen LogP contribution >= 0.6 is 21.6 Å². The number of carbonyl (C=O) groups excluding carboxylic acids is 2. The van der Waals surface area contributed by atoms with Crippen molar-refractivity contribution in [2.45, 2.75) is 20.8 Å². The first-order chi connectivity index (χ1) is 7.54. The van der Waals surface area contributed by atoms with Crippen molar-refractivity contribution in [2.24, 2.45) is 5.92 Å². The third kappa shape index (κ3) is 10.2. The Morgan fingerprint density at radius 1 is 1.06 bits per heavy atom. The SMILES string of the molecule is CC(=O)NCCSSCCNC(=O)C(C)C. The Morgan fingerprint density at radius 3 is 2.00 bits per heavy atom. The van der Waals surface area contributed by atoms with Crippen molar-refractivity contribution in [2.75, 3.05) is 24.6 Å². The summed E-state index contributed by atoms with van der Waals surface area (Å²) in [6.45, 7) is 6.68. The minimum Gasteiger partial charge on any atom is -0.355 e. The standard InChI is InChI=1S/C10H20N2O2S2/c1-8(2)10(14)12-5-7-16-15-6-4-11-9(3)13/h8H,4-7H2,1-3H3,(H,11,13)(H,12,14). The van der Waals surface area contributed by atoms with Crippen LogP contribution in [0.1, 0.15) is 20.8 Å². The normalized spacial score (nSPS) is 10.2. The Hall–Kier alpha value is -0.360. The van der Waals surface area contributed by atoms with Gasteiger partial charge in [0.2, 0.25) is 11.8 Å². The molecule has 0 aliphatic heterocycles. The minimum absolute atomic E-state index is 0.00907. The lowest BCUT2D eigenvalue weighted by Gasteiger charge is -2.06. The van der Waals surface area contributed by atoms with Gasteiger partial charge in [0.05, 0.1) is 0 Å². The van der Waals surface area contributed by atoms with Crippen molar-refractivity contribution in [1.82, 2.24) is 10.6 Å². The van der Waals surface area contributed by atoms with Gasteiger partial charge in [-0.05, 0) is 0 Å². The lowest BCUT2D eigenvalue weighted by molar-refractivity contribution is -0.123. The molecule has 2 amide bonds. The summed E-state index contributed by atoms with van der Waals surface area (Å²) in [6, 6.07) is 0. The Kier molecular flexibility index (Phi) is 9.62. The molecule has 0 spiro atoms. The first-order valence-electron chi connectivity index (χ1n) is 5.30. The first-order valence-corrected chi connectivity index (χ1v) is 7.79. The van der Waals surface area contributed by atoms with Crippen LogP contribution in [-0.2, 0) is 9.59 Å². The molecule has 0 radical (unpaired) electrons. The zero-order valence-corrected chi connectivity index (χ0v) is 11.7. The molecule has 0 saturated carbocycles. The third-order valence-electron chi connectivity index (χ3n) is 1.65. The maximum atomic E-state index is 11.2. The summed E-state index contributed by atoms with van der Waals surface area (Å²) in [5.74, 6) is 1.95. The molecular formula is C10H20N2O2S2. The van der Waals surface area contributed by atoms with E-state index in [1.807, 2.05) is 13.8 Å². The number of carbonyl (C=O) groups is 2. The van der Waals surface area contributed by atoms with Gasteiger partial charge in [0.1, 0.15) is 0 Å². The van der Waals surface area contributed by atoms with E-state index in [0.717, 1.165) is 11.5 Å². The second kappa shape index (κ2) is 9.84. The van der Waals surface area contributed by atoms with Gasteiger partial charge in [0.25, 0.3) is 0 Å². The Morgan fingerprint density at radius 2 is 1.56 bits per heavy atom. The number of nitrogens with one attached hydrogen (secondary N) is 2. The smallest absolute Gasteiger partial charge is 0.222 e. The molecule has 0 aromatic heterocycles. The number of hydrogen-bond acceptors (Lipinski definition) is 4. The van der Waals surface area contributed by atoms with E-state index in [-0.39, 0.29) is 17.7 Å². The second-order valence-corrected chi connectivity index (χ2v) is 6.27. The van der Waals surface area contributed by atoms with Gasteiger partial charge in [-0.1, -0.05) is 35.4 Å². The Labute approximate surface area is 105 Å². The summed E-state index contributed by atoms with van der Waals surface area (Å²) in [6.07, 6.45) is 0. The van der Waals surface area contributed by atoms with E-state index in [2.05, 4.69) is 10.6 Å². The molecule has 0 saturated heterocycles. The lowest BCUT2D eigenvalue weighted by atomic mass is 10.2. The fourth-order valence-electron chi connectivity index (χ4n) is 0.807. The molecule has 0 aromatic rings. The average molecular weight is 264 g/mol. The van der Waals surface area contributed by atoms with Crippen LogP contribution in [0.15, 0.2) is 0 Å². The molecule has 0 heterocycles. The van der Waals surface area contributed by atoms with Crippen molar-refractivity contribution in [3.05, 3.63) is 0 Å². The zero-order valence-electron chi connectivity index (χ0n) is 10.0. The molecule has 16 heavy (non-hydrogen) atoms. The molecule has 0 aliphatic rings. The van der Waals surface area contributed by atoms with Crippen LogP contribution in [0, 0.1) is 5.92 Å². The molecular weight excluding hydrogens is 244 g/mol. The summed E-state index contributed by atoms with van der Waals surface area (Å²) in [5.41, 5.74) is 0. The van der Waals surface area contributed by atoms with Crippen molar-refractivity contribution >= 4 is 33.4 Å². The maximum absolute atomic E-state index is 11.2. The van der Waals surface area contributed by atoms with Gasteiger partial charge in [0.15, 0.2) is 0 Å². The summed E-state index contributed by atoms with van der Waals surface area (Å²) in [4.78, 5) is 21.7. The zero-order chi connectivity index (χ0) is 12.4. The lowest BCUT2D eigenvalue weighted by Crippen LogP contribution is -2.29. The average Bonchev–Trinajstić information content (AvgIpc) is 2.21. The highest BCUT2D eigenvalue weighted by atomic mass is 33.1. The maximum Gasteiger partial charge on any atom is 0.222 e. The molecule has 2 N–H and O–H groups in total. The fraction of sp³-hybridized carbons (Fsp3) is 0.800. The van der Waals surface area contributed by atoms with Crippen molar-refractivity contribution < 1.29 is 9.59 Å². The predicted molar refractivity (Wildman–Crippen MR) is 71.4 cm³/mol. The van der Waals surface area contributed by atoms with Gasteiger partial charge in [-0.25, -0.2) is 0 Å². The van der Waals surface area contributed by atoms with Crippen LogP contribution in [0.4, 0.5) is 0 Å². The van der Waals surface area contributed by atoms with Gasteiger partial charge in [-0.15, -0.1) is 0 Å². The van der Waals surface area contributed by atoms with Gasteiger partial charge in [-0.2, -0.15) is 0 Å². The van der Waals surface area contributed by atoms with E-state index in [4.69, 9.17) is 0 Å². The summed E-state index contributed by atoms with van der Waals surface area (Å²) in [5, 5.41) is 5.58. The number of amides is 2. The van der Waals surface area contributed by atoms with E-state index < -0.39 is 0 Å². The first kappa shape index (κ1) is 15.6. The molecule has 0 unspecified atom stereocenters. The quantitative estimate of drug-likeness (QED) is 0.512. The van der Waals surface area contributed by atoms with Crippen molar-refractivity contribution in [3.63, 3.8) is 0 Å². The summed E-state index contributed by atoms with van der Waals surface area (Å²) < 4.78 is 0. The fourth-order valence-corrected chi connectivity index (χ4v) is 2.62. The highest BCUT2D eigenvalue weighted by molar-refractivity contribution is 8.76. The van der Waals surface area contributed by atoms with Crippen molar-refractivity contribution in [3.8, 4) is 0 Å². The third-order valence-corrected chi connectivity index (χ3v) is 4.06. The van der Waals surface area contributed by atoms with Gasteiger partial charge in [0, 0.05) is 37.4 Å². The largest absolute Gasteiger partial charge is 0.355 e. The molecule has 4 nitrogen and oxygen atoms in total. The highest BCUT2D eigenvalue weighted by Gasteiger charge is 2.04. The van der Waals surface area contributed by atoms with Crippen LogP contribution in [0.2, 0.25) is 0 Å². The molecule has 0 fully saturated rings. The van der Waals surface area contributed by atoms with E-state index in [1.54, 1.807) is 21.6 Å². The van der Waals surface area contributed by atoms with Crippen LogP contribution < -0.4 is 10.6 Å². The van der Waals surface area contributed by atoms with Gasteiger partial charge < -0.3 is 10.6 Å². The summed E-state index contributed by atoms with van der Waals surface area (Å²) in [7, 11) is 3.42. The number of rotatable bonds is 8. The second-order valence-electron chi connectivity index (χ2n) is 3.57. The van der Waals surface area contributed by atoms with E-state index >= 15 is 0 Å². The Bertz CT molecular complexity index is 223. The van der Waals surface area contributed by atoms with Crippen molar-refractivity contribution in [1.29, 1.82) is 0 Å². The van der Waals surface area contributed by atoms with Gasteiger partial charge in [-0.3, -0.25) is 9.59 Å². The topological polar surface area (TPSA) is 58.2 Å². The van der Waals surface area contributed by atoms with Crippen LogP contribution in [0.3, 0.4) is 0 Å². The molecule has 0 atom stereocenters. The van der Waals surface area contributed by atoms with Crippen LogP contribution in [0.5, 0.6) is 0 Å². The number of hydrogen-bond donors (Lipinski definition) is 2. The van der Waals surface area contributed by atoms with Crippen LogP contribution in [0.25, 0.3) is 0 Å². The molecule has 0 aromatic carbocycles. The highest BCUT2D eigenvalue weighted by Crippen LogP contribution is 2.19. The molecule has 0 bridgehead atoms. The van der Waals surface area contributed by atoms with Gasteiger partial charge >= 0.3 is 0 Å². The monoisotopic (exact) mass is 264 g/mol. The summed E-state index contributed by atoms with van der Waals surface area (Å²) >= 11 is 0. The van der Waals surface area contributed by atoms with E-state index in [1.165, 1.54) is 6.92 Å².